The molecule has 13 heteroatoms. The van der Waals surface area contributed by atoms with E-state index in [1.807, 2.05) is 19.2 Å². The van der Waals surface area contributed by atoms with Gasteiger partial charge < -0.3 is 26.6 Å². The van der Waals surface area contributed by atoms with E-state index in [1.54, 1.807) is 0 Å². The van der Waals surface area contributed by atoms with Crippen LogP contribution >= 0.6 is 0 Å². The zero-order valence-corrected chi connectivity index (χ0v) is 21.5. The van der Waals surface area contributed by atoms with E-state index in [0.717, 1.165) is 0 Å². The second kappa shape index (κ2) is 8.07. The number of alkyl halides is 3. The molecule has 6 atom stereocenters. The molecule has 2 aliphatic heterocycles. The summed E-state index contributed by atoms with van der Waals surface area (Å²) in [7, 11) is 0. The summed E-state index contributed by atoms with van der Waals surface area (Å²) in [5, 5.41) is 7.10. The normalized spacial score (nSPS) is 33.0. The van der Waals surface area contributed by atoms with Crippen LogP contribution in [0, 0.1) is 27.6 Å². The maximum absolute atomic E-state index is 13.7. The van der Waals surface area contributed by atoms with Crippen LogP contribution in [0.15, 0.2) is 0 Å². The molecule has 37 heavy (non-hydrogen) atoms. The first-order valence-electron chi connectivity index (χ1n) is 12.4. The van der Waals surface area contributed by atoms with Crippen molar-refractivity contribution in [3.8, 4) is 0 Å². The maximum Gasteiger partial charge on any atom is 0.471 e. The maximum atomic E-state index is 13.7. The largest absolute Gasteiger partial charge is 0.471 e. The van der Waals surface area contributed by atoms with E-state index in [1.165, 1.54) is 25.7 Å². The monoisotopic (exact) mass is 529 g/mol. The highest BCUT2D eigenvalue weighted by atomic mass is 19.4. The van der Waals surface area contributed by atoms with Gasteiger partial charge in [-0.05, 0) is 30.1 Å². The Kier molecular flexibility index (Phi) is 5.93. The highest BCUT2D eigenvalue weighted by Crippen LogP contribution is 3.00. The molecule has 2 saturated carbocycles. The summed E-state index contributed by atoms with van der Waals surface area (Å²) in [5.74, 6) is -5.25. The molecule has 2 saturated heterocycles. The fourth-order valence-electron chi connectivity index (χ4n) is 6.95. The molecule has 206 valence electrons. The molecule has 0 aromatic carbocycles. The summed E-state index contributed by atoms with van der Waals surface area (Å²) >= 11 is 0. The number of rotatable bonds is 7. The first-order chi connectivity index (χ1) is 16.8. The van der Waals surface area contributed by atoms with Crippen LogP contribution in [0.25, 0.3) is 0 Å². The Morgan fingerprint density at radius 3 is 2.24 bits per heavy atom. The Morgan fingerprint density at radius 2 is 1.78 bits per heavy atom. The average molecular weight is 530 g/mol. The molecule has 2 heterocycles. The zero-order chi connectivity index (χ0) is 27.9. The molecule has 5 amide bonds. The molecule has 0 aromatic heterocycles. The second-order valence-electron chi connectivity index (χ2n) is 12.5. The third kappa shape index (κ3) is 3.87. The number of piperidine rings is 2. The Balaban J connectivity index is 1.59. The number of likely N-dealkylation sites (tertiary alicyclic amines) is 1. The van der Waals surface area contributed by atoms with E-state index in [4.69, 9.17) is 5.73 Å². The van der Waals surface area contributed by atoms with Crippen molar-refractivity contribution < 1.29 is 37.1 Å². The van der Waals surface area contributed by atoms with Gasteiger partial charge in [0.1, 0.15) is 18.1 Å². The van der Waals surface area contributed by atoms with Gasteiger partial charge in [0.05, 0.1) is 0 Å². The third-order valence-corrected chi connectivity index (χ3v) is 9.30. The summed E-state index contributed by atoms with van der Waals surface area (Å²) in [5.41, 5.74) is 3.20. The number of carbonyl (C=O) groups excluding carboxylic acids is 5. The summed E-state index contributed by atoms with van der Waals surface area (Å²) in [4.78, 5) is 64.5. The van der Waals surface area contributed by atoms with Gasteiger partial charge in [-0.1, -0.05) is 34.6 Å². The predicted octanol–water partition coefficient (Wildman–Crippen LogP) is 0.203. The van der Waals surface area contributed by atoms with Crippen molar-refractivity contribution >= 4 is 29.5 Å². The van der Waals surface area contributed by atoms with Crippen LogP contribution in [-0.2, 0) is 24.0 Å². The van der Waals surface area contributed by atoms with Crippen LogP contribution < -0.4 is 21.7 Å². The van der Waals surface area contributed by atoms with E-state index < -0.39 is 64.7 Å². The van der Waals surface area contributed by atoms with Crippen molar-refractivity contribution in [3.63, 3.8) is 0 Å². The standard InChI is InChI=1S/C24H34F3N5O5/c1-20(2,3)13(31-19(37)24(25,26)27)18(36)32-10-22-9-23(22,21(22,4)5)14(32)17(35)30-12(15(28)33)8-11-6-7-29-16(11)34/h11-14H,6-10H2,1-5H3,(H2,28,33)(H,29,34)(H,30,35)(H,31,37)/t11-,12-,13+,14+,22?,23-/m0/s1. The SMILES string of the molecule is CC(C)(C)[C@H](NC(=O)C(F)(F)F)C(=O)N1CC23C[C@]2([C@H]1C(=O)N[C@@H](C[C@@H]1CCNC1=O)C(N)=O)C3(C)C. The molecule has 0 spiro atoms. The van der Waals surface area contributed by atoms with Crippen LogP contribution in [0.5, 0.6) is 0 Å². The van der Waals surface area contributed by atoms with Crippen LogP contribution in [-0.4, -0.2) is 71.8 Å². The van der Waals surface area contributed by atoms with Crippen LogP contribution in [0.1, 0.15) is 53.9 Å². The first kappa shape index (κ1) is 27.2. The summed E-state index contributed by atoms with van der Waals surface area (Å²) in [6.07, 6.45) is -4.03. The average Bonchev–Trinajstić information content (AvgIpc) is 3.32. The zero-order valence-electron chi connectivity index (χ0n) is 21.5. The molecule has 0 radical (unpaired) electrons. The van der Waals surface area contributed by atoms with Gasteiger partial charge in [0.25, 0.3) is 0 Å². The fraction of sp³-hybridized carbons (Fsp3) is 0.792. The van der Waals surface area contributed by atoms with Gasteiger partial charge in [0.15, 0.2) is 0 Å². The van der Waals surface area contributed by atoms with Gasteiger partial charge in [0.2, 0.25) is 23.6 Å². The molecule has 0 aromatic rings. The summed E-state index contributed by atoms with van der Waals surface area (Å²) < 4.78 is 39.1. The van der Waals surface area contributed by atoms with Gasteiger partial charge in [-0.25, -0.2) is 0 Å². The Bertz CT molecular complexity index is 1070. The highest BCUT2D eigenvalue weighted by Gasteiger charge is 3.02. The van der Waals surface area contributed by atoms with Crippen molar-refractivity contribution in [2.45, 2.75) is 78.2 Å². The summed E-state index contributed by atoms with van der Waals surface area (Å²) in [6, 6.07) is -3.76. The first-order valence-corrected chi connectivity index (χ1v) is 12.4. The van der Waals surface area contributed by atoms with Crippen molar-refractivity contribution in [1.29, 1.82) is 0 Å². The Hall–Kier alpha value is -2.86. The molecular formula is C24H34F3N5O5. The number of hydrogen-bond donors (Lipinski definition) is 4. The number of amides is 5. The minimum Gasteiger partial charge on any atom is -0.368 e. The Morgan fingerprint density at radius 1 is 1.16 bits per heavy atom. The molecular weight excluding hydrogens is 495 g/mol. The minimum absolute atomic E-state index is 0.00135. The number of halogens is 3. The lowest BCUT2D eigenvalue weighted by molar-refractivity contribution is -0.176. The number of nitrogens with zero attached hydrogens (tertiary/aromatic N) is 1. The predicted molar refractivity (Wildman–Crippen MR) is 123 cm³/mol. The van der Waals surface area contributed by atoms with Crippen LogP contribution in [0.2, 0.25) is 0 Å². The van der Waals surface area contributed by atoms with Crippen molar-refractivity contribution in [2.24, 2.45) is 33.3 Å². The quantitative estimate of drug-likeness (QED) is 0.372. The lowest BCUT2D eigenvalue weighted by Crippen LogP contribution is -2.63. The van der Waals surface area contributed by atoms with Gasteiger partial charge in [0, 0.05) is 29.8 Å². The number of nitrogens with two attached hydrogens (primary N) is 1. The topological polar surface area (TPSA) is 151 Å². The summed E-state index contributed by atoms with van der Waals surface area (Å²) in [6.45, 7) is 9.11. The second-order valence-corrected chi connectivity index (χ2v) is 12.5. The number of carbonyl (C=O) groups is 5. The van der Waals surface area contributed by atoms with Crippen LogP contribution in [0.4, 0.5) is 13.2 Å². The van der Waals surface area contributed by atoms with E-state index in [9.17, 15) is 37.1 Å². The number of nitrogens with one attached hydrogen (secondary N) is 3. The highest BCUT2D eigenvalue weighted by molar-refractivity contribution is 5.98. The van der Waals surface area contributed by atoms with Crippen molar-refractivity contribution in [1.82, 2.24) is 20.9 Å². The van der Waals surface area contributed by atoms with E-state index in [0.29, 0.717) is 19.4 Å². The fourth-order valence-corrected chi connectivity index (χ4v) is 6.95. The molecule has 4 fully saturated rings. The van der Waals surface area contributed by atoms with Gasteiger partial charge >= 0.3 is 12.1 Å². The smallest absolute Gasteiger partial charge is 0.368 e. The van der Waals surface area contributed by atoms with Gasteiger partial charge in [-0.3, -0.25) is 24.0 Å². The van der Waals surface area contributed by atoms with Gasteiger partial charge in [-0.2, -0.15) is 13.2 Å². The van der Waals surface area contributed by atoms with Crippen molar-refractivity contribution in [2.75, 3.05) is 13.1 Å². The van der Waals surface area contributed by atoms with Crippen LogP contribution in [0.3, 0.4) is 0 Å². The third-order valence-electron chi connectivity index (χ3n) is 9.30. The van der Waals surface area contributed by atoms with E-state index in [-0.39, 0.29) is 29.7 Å². The van der Waals surface area contributed by atoms with E-state index in [2.05, 4.69) is 10.6 Å². The lowest BCUT2D eigenvalue weighted by Gasteiger charge is -2.42. The Labute approximate surface area is 212 Å². The molecule has 4 rings (SSSR count). The number of primary amides is 1. The number of hydrogen-bond acceptors (Lipinski definition) is 5. The van der Waals surface area contributed by atoms with Gasteiger partial charge in [-0.15, -0.1) is 0 Å². The molecule has 1 unspecified atom stereocenters. The van der Waals surface area contributed by atoms with Crippen molar-refractivity contribution in [3.05, 3.63) is 0 Å². The molecule has 10 nitrogen and oxygen atoms in total. The molecule has 5 N–H and O–H groups in total. The molecule has 0 bridgehead atoms. The lowest BCUT2D eigenvalue weighted by atomic mass is 9.79. The van der Waals surface area contributed by atoms with E-state index >= 15 is 0 Å². The minimum atomic E-state index is -5.18. The molecule has 2 aliphatic carbocycles. The molecule has 4 aliphatic rings.